The normalized spacial score (nSPS) is 14.0. The molecule has 1 aliphatic heterocycles. The van der Waals surface area contributed by atoms with Gasteiger partial charge in [0.05, 0.1) is 17.2 Å². The zero-order chi connectivity index (χ0) is 16.7. The molecule has 0 unspecified atom stereocenters. The summed E-state index contributed by atoms with van der Waals surface area (Å²) in [5, 5.41) is 2.22. The Balaban J connectivity index is 1.59. The molecule has 3 heterocycles. The monoisotopic (exact) mass is 343 g/mol. The predicted octanol–water partition coefficient (Wildman–Crippen LogP) is 2.18. The van der Waals surface area contributed by atoms with E-state index < -0.39 is 11.4 Å². The summed E-state index contributed by atoms with van der Waals surface area (Å²) in [6, 6.07) is 5.91. The molecular formula is C17H14FN3O2S. The van der Waals surface area contributed by atoms with Gasteiger partial charge in [-0.05, 0) is 41.6 Å². The van der Waals surface area contributed by atoms with Gasteiger partial charge in [-0.2, -0.15) is 0 Å². The lowest BCUT2D eigenvalue weighted by molar-refractivity contribution is -0.132. The molecule has 5 nitrogen and oxygen atoms in total. The number of carbonyl (C=O) groups is 1. The van der Waals surface area contributed by atoms with Crippen molar-refractivity contribution in [2.24, 2.45) is 0 Å². The number of thiophene rings is 1. The van der Waals surface area contributed by atoms with Gasteiger partial charge in [0.2, 0.25) is 5.91 Å². The molecule has 0 spiro atoms. The van der Waals surface area contributed by atoms with Crippen LogP contribution in [0, 0.1) is 5.82 Å². The molecule has 0 N–H and O–H groups in total. The standard InChI is InChI=1S/C17H14FN3O2S/c18-12-1-2-14-13(7-12)17(23)21(10-19-14)9-16(22)20-5-3-15-11(8-20)4-6-24-15/h1-2,4,6-7,10H,3,5,8-9H2. The third-order valence-electron chi connectivity index (χ3n) is 4.25. The first kappa shape index (κ1) is 15.0. The molecule has 0 aliphatic carbocycles. The van der Waals surface area contributed by atoms with Crippen LogP contribution < -0.4 is 5.56 Å². The fourth-order valence-electron chi connectivity index (χ4n) is 2.95. The lowest BCUT2D eigenvalue weighted by atomic mass is 10.1. The Morgan fingerprint density at radius 1 is 1.33 bits per heavy atom. The van der Waals surface area contributed by atoms with E-state index in [2.05, 4.69) is 4.98 Å². The largest absolute Gasteiger partial charge is 0.336 e. The molecule has 4 rings (SSSR count). The van der Waals surface area contributed by atoms with Gasteiger partial charge in [0.15, 0.2) is 0 Å². The van der Waals surface area contributed by atoms with E-state index in [1.54, 1.807) is 16.2 Å². The van der Waals surface area contributed by atoms with Crippen molar-refractivity contribution >= 4 is 28.1 Å². The number of halogens is 1. The molecule has 3 aromatic rings. The first-order valence-corrected chi connectivity index (χ1v) is 8.47. The van der Waals surface area contributed by atoms with Crippen molar-refractivity contribution in [2.75, 3.05) is 6.54 Å². The number of nitrogens with zero attached hydrogens (tertiary/aromatic N) is 3. The zero-order valence-electron chi connectivity index (χ0n) is 12.7. The quantitative estimate of drug-likeness (QED) is 0.717. The molecule has 0 saturated heterocycles. The fourth-order valence-corrected chi connectivity index (χ4v) is 3.84. The van der Waals surface area contributed by atoms with E-state index in [9.17, 15) is 14.0 Å². The molecule has 7 heteroatoms. The minimum absolute atomic E-state index is 0.0856. The van der Waals surface area contributed by atoms with E-state index >= 15 is 0 Å². The average Bonchev–Trinajstić information content (AvgIpc) is 3.05. The van der Waals surface area contributed by atoms with E-state index in [1.165, 1.54) is 33.5 Å². The summed E-state index contributed by atoms with van der Waals surface area (Å²) in [4.78, 5) is 32.2. The number of fused-ring (bicyclic) bond motifs is 2. The molecule has 1 amide bonds. The van der Waals surface area contributed by atoms with Gasteiger partial charge in [-0.3, -0.25) is 14.2 Å². The van der Waals surface area contributed by atoms with Crippen LogP contribution in [0.5, 0.6) is 0 Å². The minimum atomic E-state index is -0.494. The van der Waals surface area contributed by atoms with Gasteiger partial charge in [0.1, 0.15) is 12.4 Å². The lowest BCUT2D eigenvalue weighted by Crippen LogP contribution is -2.39. The van der Waals surface area contributed by atoms with Gasteiger partial charge < -0.3 is 4.90 Å². The number of rotatable bonds is 2. The van der Waals surface area contributed by atoms with Gasteiger partial charge in [-0.25, -0.2) is 9.37 Å². The Morgan fingerprint density at radius 3 is 3.08 bits per heavy atom. The molecule has 2 aromatic heterocycles. The van der Waals surface area contributed by atoms with E-state index in [0.29, 0.717) is 18.6 Å². The molecule has 1 aromatic carbocycles. The molecule has 0 atom stereocenters. The van der Waals surface area contributed by atoms with Crippen molar-refractivity contribution in [2.45, 2.75) is 19.5 Å². The first-order chi connectivity index (χ1) is 11.6. The van der Waals surface area contributed by atoms with Crippen LogP contribution in [-0.4, -0.2) is 26.9 Å². The Bertz CT molecular complexity index is 995. The molecule has 0 bridgehead atoms. The van der Waals surface area contributed by atoms with Crippen LogP contribution in [0.25, 0.3) is 10.9 Å². The predicted molar refractivity (Wildman–Crippen MR) is 89.4 cm³/mol. The van der Waals surface area contributed by atoms with E-state index in [1.807, 2.05) is 11.4 Å². The van der Waals surface area contributed by atoms with Crippen LogP contribution in [0.4, 0.5) is 4.39 Å². The second kappa shape index (κ2) is 5.83. The average molecular weight is 343 g/mol. The first-order valence-electron chi connectivity index (χ1n) is 7.59. The van der Waals surface area contributed by atoms with Crippen molar-refractivity contribution in [3.63, 3.8) is 0 Å². The van der Waals surface area contributed by atoms with E-state index in [-0.39, 0.29) is 17.8 Å². The number of hydrogen-bond donors (Lipinski definition) is 0. The van der Waals surface area contributed by atoms with Crippen LogP contribution in [0.2, 0.25) is 0 Å². The Labute approximate surface area is 141 Å². The van der Waals surface area contributed by atoms with Gasteiger partial charge in [-0.1, -0.05) is 0 Å². The van der Waals surface area contributed by atoms with Gasteiger partial charge in [0, 0.05) is 18.0 Å². The van der Waals surface area contributed by atoms with Crippen LogP contribution >= 0.6 is 11.3 Å². The number of benzene rings is 1. The van der Waals surface area contributed by atoms with E-state index in [4.69, 9.17) is 0 Å². The smallest absolute Gasteiger partial charge is 0.261 e. The Kier molecular flexibility index (Phi) is 3.65. The summed E-state index contributed by atoms with van der Waals surface area (Å²) < 4.78 is 14.6. The summed E-state index contributed by atoms with van der Waals surface area (Å²) >= 11 is 1.71. The van der Waals surface area contributed by atoms with E-state index in [0.717, 1.165) is 12.5 Å². The topological polar surface area (TPSA) is 55.2 Å². The molecule has 1 aliphatic rings. The highest BCUT2D eigenvalue weighted by Gasteiger charge is 2.22. The highest BCUT2D eigenvalue weighted by atomic mass is 32.1. The molecule has 0 radical (unpaired) electrons. The molecule has 0 saturated carbocycles. The van der Waals surface area contributed by atoms with Crippen LogP contribution in [-0.2, 0) is 24.3 Å². The highest BCUT2D eigenvalue weighted by molar-refractivity contribution is 7.10. The van der Waals surface area contributed by atoms with Gasteiger partial charge >= 0.3 is 0 Å². The molecule has 24 heavy (non-hydrogen) atoms. The number of carbonyl (C=O) groups excluding carboxylic acids is 1. The Morgan fingerprint density at radius 2 is 2.21 bits per heavy atom. The lowest BCUT2D eigenvalue weighted by Gasteiger charge is -2.27. The van der Waals surface area contributed by atoms with Crippen molar-refractivity contribution in [1.29, 1.82) is 0 Å². The van der Waals surface area contributed by atoms with Crippen LogP contribution in [0.3, 0.4) is 0 Å². The molecule has 122 valence electrons. The number of amides is 1. The maximum Gasteiger partial charge on any atom is 0.261 e. The summed E-state index contributed by atoms with van der Waals surface area (Å²) in [6.07, 6.45) is 2.19. The summed E-state index contributed by atoms with van der Waals surface area (Å²) in [5.41, 5.74) is 1.19. The second-order valence-corrected chi connectivity index (χ2v) is 6.77. The van der Waals surface area contributed by atoms with Crippen molar-refractivity contribution in [3.8, 4) is 0 Å². The summed E-state index contributed by atoms with van der Waals surface area (Å²) in [6.45, 7) is 1.14. The maximum absolute atomic E-state index is 13.4. The Hall–Kier alpha value is -2.54. The van der Waals surface area contributed by atoms with Crippen molar-refractivity contribution < 1.29 is 9.18 Å². The second-order valence-electron chi connectivity index (χ2n) is 5.77. The molecular weight excluding hydrogens is 329 g/mol. The van der Waals surface area contributed by atoms with Crippen LogP contribution in [0.15, 0.2) is 40.8 Å². The maximum atomic E-state index is 13.4. The zero-order valence-corrected chi connectivity index (χ0v) is 13.6. The van der Waals surface area contributed by atoms with Gasteiger partial charge in [0.25, 0.3) is 5.56 Å². The SMILES string of the molecule is O=C(Cn1cnc2ccc(F)cc2c1=O)N1CCc2sccc2C1. The number of hydrogen-bond acceptors (Lipinski definition) is 4. The highest BCUT2D eigenvalue weighted by Crippen LogP contribution is 2.24. The minimum Gasteiger partial charge on any atom is -0.336 e. The van der Waals surface area contributed by atoms with Crippen molar-refractivity contribution in [1.82, 2.24) is 14.5 Å². The fraction of sp³-hybridized carbons (Fsp3) is 0.235. The third kappa shape index (κ3) is 2.60. The molecule has 0 fully saturated rings. The van der Waals surface area contributed by atoms with Gasteiger partial charge in [-0.15, -0.1) is 11.3 Å². The summed E-state index contributed by atoms with van der Waals surface area (Å²) in [7, 11) is 0. The number of aromatic nitrogens is 2. The van der Waals surface area contributed by atoms with Crippen molar-refractivity contribution in [3.05, 3.63) is 62.6 Å². The summed E-state index contributed by atoms with van der Waals surface area (Å²) in [5.74, 6) is -0.627. The van der Waals surface area contributed by atoms with Crippen LogP contribution in [0.1, 0.15) is 10.4 Å². The third-order valence-corrected chi connectivity index (χ3v) is 5.28.